The quantitative estimate of drug-likeness (QED) is 0.818. The van der Waals surface area contributed by atoms with Crippen molar-refractivity contribution >= 4 is 29.4 Å². The molecule has 138 valence electrons. The van der Waals surface area contributed by atoms with Gasteiger partial charge in [-0.05, 0) is 38.3 Å². The van der Waals surface area contributed by atoms with Crippen LogP contribution in [0.1, 0.15) is 50.4 Å². The number of carbonyl (C=O) groups is 3. The SMILES string of the molecule is CC1(C)NC(=O)N(CCC(=O)N2C3CCC2c2cc(Cl)cnc2C3)C1=O. The number of aromatic nitrogens is 1. The maximum atomic E-state index is 12.9. The van der Waals surface area contributed by atoms with Gasteiger partial charge in [0.05, 0.1) is 11.1 Å². The minimum atomic E-state index is -0.911. The number of carbonyl (C=O) groups excluding carboxylic acids is 3. The number of halogens is 1. The van der Waals surface area contributed by atoms with Gasteiger partial charge in [-0.15, -0.1) is 0 Å². The fourth-order valence-corrected chi connectivity index (χ4v) is 4.46. The topological polar surface area (TPSA) is 82.6 Å². The van der Waals surface area contributed by atoms with E-state index in [1.165, 1.54) is 0 Å². The lowest BCUT2D eigenvalue weighted by Crippen LogP contribution is -2.44. The number of nitrogens with one attached hydrogen (secondary N) is 1. The molecule has 1 aromatic rings. The normalized spacial score (nSPS) is 26.1. The molecule has 4 rings (SSSR count). The number of fused-ring (bicyclic) bond motifs is 4. The lowest BCUT2D eigenvalue weighted by Gasteiger charge is -2.36. The second-order valence-corrected chi connectivity index (χ2v) is 8.14. The molecule has 4 heterocycles. The molecule has 26 heavy (non-hydrogen) atoms. The molecule has 8 heteroatoms. The van der Waals surface area contributed by atoms with E-state index in [0.717, 1.165) is 35.4 Å². The number of hydrogen-bond donors (Lipinski definition) is 1. The van der Waals surface area contributed by atoms with Crippen LogP contribution in [0.5, 0.6) is 0 Å². The molecule has 0 saturated carbocycles. The van der Waals surface area contributed by atoms with Crippen molar-refractivity contribution in [3.8, 4) is 0 Å². The summed E-state index contributed by atoms with van der Waals surface area (Å²) >= 11 is 6.09. The number of imide groups is 1. The third-order valence-corrected chi connectivity index (χ3v) is 5.75. The van der Waals surface area contributed by atoms with E-state index >= 15 is 0 Å². The van der Waals surface area contributed by atoms with Gasteiger partial charge in [-0.1, -0.05) is 11.6 Å². The molecule has 0 spiro atoms. The van der Waals surface area contributed by atoms with Crippen LogP contribution in [0.4, 0.5) is 4.79 Å². The Morgan fingerprint density at radius 2 is 2.15 bits per heavy atom. The average Bonchev–Trinajstić information content (AvgIpc) is 3.00. The lowest BCUT2D eigenvalue weighted by atomic mass is 9.97. The summed E-state index contributed by atoms with van der Waals surface area (Å²) in [5.41, 5.74) is 1.13. The van der Waals surface area contributed by atoms with Crippen LogP contribution >= 0.6 is 11.6 Å². The third-order valence-electron chi connectivity index (χ3n) is 5.54. The highest BCUT2D eigenvalue weighted by Crippen LogP contribution is 2.44. The number of rotatable bonds is 3. The van der Waals surface area contributed by atoms with E-state index in [1.54, 1.807) is 20.0 Å². The van der Waals surface area contributed by atoms with E-state index in [0.29, 0.717) is 5.02 Å². The second-order valence-electron chi connectivity index (χ2n) is 7.70. The maximum Gasteiger partial charge on any atom is 0.325 e. The highest BCUT2D eigenvalue weighted by molar-refractivity contribution is 6.30. The first-order valence-corrected chi connectivity index (χ1v) is 9.25. The van der Waals surface area contributed by atoms with Crippen molar-refractivity contribution in [1.82, 2.24) is 20.1 Å². The summed E-state index contributed by atoms with van der Waals surface area (Å²) in [6, 6.07) is 1.59. The zero-order valence-corrected chi connectivity index (χ0v) is 15.5. The van der Waals surface area contributed by atoms with Crippen molar-refractivity contribution in [2.75, 3.05) is 6.54 Å². The molecule has 3 aliphatic rings. The first-order valence-electron chi connectivity index (χ1n) is 8.87. The molecular formula is C18H21ClN4O3. The summed E-state index contributed by atoms with van der Waals surface area (Å²) in [6.07, 6.45) is 4.33. The highest BCUT2D eigenvalue weighted by atomic mass is 35.5. The Hall–Kier alpha value is -2.15. The van der Waals surface area contributed by atoms with Crippen molar-refractivity contribution in [3.05, 3.63) is 28.5 Å². The van der Waals surface area contributed by atoms with Gasteiger partial charge in [0.15, 0.2) is 0 Å². The Morgan fingerprint density at radius 1 is 1.38 bits per heavy atom. The average molecular weight is 377 g/mol. The molecule has 2 bridgehead atoms. The van der Waals surface area contributed by atoms with Gasteiger partial charge in [0, 0.05) is 37.3 Å². The third kappa shape index (κ3) is 2.65. The van der Waals surface area contributed by atoms with Crippen molar-refractivity contribution < 1.29 is 14.4 Å². The Labute approximate surface area is 156 Å². The molecule has 7 nitrogen and oxygen atoms in total. The molecule has 4 amide bonds. The Morgan fingerprint density at radius 3 is 2.85 bits per heavy atom. The van der Waals surface area contributed by atoms with Crippen molar-refractivity contribution in [2.45, 2.75) is 57.2 Å². The van der Waals surface area contributed by atoms with Crippen LogP contribution in [0.3, 0.4) is 0 Å². The maximum absolute atomic E-state index is 12.9. The standard InChI is InChI=1S/C18H21ClN4O3/c1-18(2)16(25)22(17(26)21-18)6-5-15(24)23-11-3-4-14(23)12-7-10(19)9-20-13(12)8-11/h7,9,11,14H,3-6,8H2,1-2H3,(H,21,26). The van der Waals surface area contributed by atoms with Gasteiger partial charge in [-0.25, -0.2) is 4.79 Å². The van der Waals surface area contributed by atoms with Crippen molar-refractivity contribution in [2.24, 2.45) is 0 Å². The summed E-state index contributed by atoms with van der Waals surface area (Å²) in [7, 11) is 0. The molecule has 3 aliphatic heterocycles. The molecule has 0 aromatic carbocycles. The minimum absolute atomic E-state index is 0.0120. The number of amides is 4. The van der Waals surface area contributed by atoms with E-state index in [-0.39, 0.29) is 36.9 Å². The summed E-state index contributed by atoms with van der Waals surface area (Å²) in [4.78, 5) is 44.6. The van der Waals surface area contributed by atoms with Crippen LogP contribution < -0.4 is 5.32 Å². The van der Waals surface area contributed by atoms with Crippen LogP contribution in [0.15, 0.2) is 12.3 Å². The van der Waals surface area contributed by atoms with Gasteiger partial charge in [0.25, 0.3) is 5.91 Å². The second kappa shape index (κ2) is 5.94. The van der Waals surface area contributed by atoms with Crippen molar-refractivity contribution in [3.63, 3.8) is 0 Å². The molecule has 0 aliphatic carbocycles. The monoisotopic (exact) mass is 376 g/mol. The summed E-state index contributed by atoms with van der Waals surface area (Å²) < 4.78 is 0. The van der Waals surface area contributed by atoms with Crippen LogP contribution in [0.25, 0.3) is 0 Å². The van der Waals surface area contributed by atoms with Crippen LogP contribution in [-0.2, 0) is 16.0 Å². The summed E-state index contributed by atoms with van der Waals surface area (Å²) in [5, 5.41) is 3.21. The molecule has 1 aromatic heterocycles. The van der Waals surface area contributed by atoms with Gasteiger partial charge in [-0.3, -0.25) is 19.5 Å². The molecular weight excluding hydrogens is 356 g/mol. The summed E-state index contributed by atoms with van der Waals surface area (Å²) in [5.74, 6) is -0.327. The predicted molar refractivity (Wildman–Crippen MR) is 94.5 cm³/mol. The molecule has 2 atom stereocenters. The number of pyridine rings is 1. The number of hydrogen-bond acceptors (Lipinski definition) is 4. The largest absolute Gasteiger partial charge is 0.332 e. The van der Waals surface area contributed by atoms with Crippen molar-refractivity contribution in [1.29, 1.82) is 0 Å². The lowest BCUT2D eigenvalue weighted by molar-refractivity contribution is -0.136. The fourth-order valence-electron chi connectivity index (χ4n) is 4.29. The minimum Gasteiger partial charge on any atom is -0.332 e. The van der Waals surface area contributed by atoms with Crippen LogP contribution in [0, 0.1) is 0 Å². The predicted octanol–water partition coefficient (Wildman–Crippen LogP) is 2.04. The van der Waals surface area contributed by atoms with Gasteiger partial charge in [0.2, 0.25) is 5.91 Å². The first-order chi connectivity index (χ1) is 12.3. The van der Waals surface area contributed by atoms with Gasteiger partial charge in [-0.2, -0.15) is 0 Å². The van der Waals surface area contributed by atoms with Crippen LogP contribution in [-0.4, -0.2) is 50.8 Å². The van der Waals surface area contributed by atoms with E-state index in [4.69, 9.17) is 11.6 Å². The molecule has 0 radical (unpaired) electrons. The molecule has 2 unspecified atom stereocenters. The zero-order chi connectivity index (χ0) is 18.6. The van der Waals surface area contributed by atoms with Crippen LogP contribution in [0.2, 0.25) is 5.02 Å². The summed E-state index contributed by atoms with van der Waals surface area (Å²) in [6.45, 7) is 3.42. The Balaban J connectivity index is 1.48. The molecule has 2 fully saturated rings. The Bertz CT molecular complexity index is 810. The van der Waals surface area contributed by atoms with E-state index in [2.05, 4.69) is 10.3 Å². The molecule has 2 saturated heterocycles. The van der Waals surface area contributed by atoms with E-state index in [9.17, 15) is 14.4 Å². The smallest absolute Gasteiger partial charge is 0.325 e. The molecule has 1 N–H and O–H groups in total. The number of urea groups is 1. The highest BCUT2D eigenvalue weighted by Gasteiger charge is 2.46. The van der Waals surface area contributed by atoms with E-state index in [1.807, 2.05) is 11.0 Å². The van der Waals surface area contributed by atoms with Gasteiger partial charge in [0.1, 0.15) is 5.54 Å². The zero-order valence-electron chi connectivity index (χ0n) is 14.8. The van der Waals surface area contributed by atoms with Gasteiger partial charge >= 0.3 is 6.03 Å². The fraction of sp³-hybridized carbons (Fsp3) is 0.556. The first kappa shape index (κ1) is 17.3. The van der Waals surface area contributed by atoms with E-state index < -0.39 is 11.6 Å². The Kier molecular flexibility index (Phi) is 3.95. The number of nitrogens with zero attached hydrogens (tertiary/aromatic N) is 3. The van der Waals surface area contributed by atoms with Gasteiger partial charge < -0.3 is 10.2 Å².